The zero-order valence-corrected chi connectivity index (χ0v) is 17.0. The molecule has 0 saturated heterocycles. The smallest absolute Gasteiger partial charge is 0.226 e. The van der Waals surface area contributed by atoms with Crippen molar-refractivity contribution < 1.29 is 4.79 Å². The molecule has 29 heavy (non-hydrogen) atoms. The standard InChI is InChI=1S/C23H25N5O/c1-16-8-7-11-21-20(16)14-24-27(21)13-12-22(29)25-23-17(2)26-28(18(23)3)15-19-9-5-4-6-10-19/h4-11,14H,12-13,15H2,1-3H3,(H,25,29). The summed E-state index contributed by atoms with van der Waals surface area (Å²) in [4.78, 5) is 12.6. The van der Waals surface area contributed by atoms with Gasteiger partial charge in [0.15, 0.2) is 0 Å². The number of carbonyl (C=O) groups excluding carboxylic acids is 1. The van der Waals surface area contributed by atoms with E-state index in [2.05, 4.69) is 40.6 Å². The SMILES string of the molecule is Cc1nn(Cc2ccccc2)c(C)c1NC(=O)CCn1ncc2c(C)cccc21. The van der Waals surface area contributed by atoms with Crippen LogP contribution >= 0.6 is 0 Å². The summed E-state index contributed by atoms with van der Waals surface area (Å²) in [6, 6.07) is 16.3. The van der Waals surface area contributed by atoms with Crippen LogP contribution in [-0.4, -0.2) is 25.5 Å². The van der Waals surface area contributed by atoms with Crippen LogP contribution in [0.3, 0.4) is 0 Å². The molecule has 6 heteroatoms. The molecule has 1 amide bonds. The molecule has 0 radical (unpaired) electrons. The summed E-state index contributed by atoms with van der Waals surface area (Å²) in [6.07, 6.45) is 2.22. The van der Waals surface area contributed by atoms with Gasteiger partial charge in [0.25, 0.3) is 0 Å². The number of anilines is 1. The van der Waals surface area contributed by atoms with Gasteiger partial charge in [-0.25, -0.2) is 0 Å². The number of hydrogen-bond donors (Lipinski definition) is 1. The molecule has 2 heterocycles. The highest BCUT2D eigenvalue weighted by atomic mass is 16.1. The van der Waals surface area contributed by atoms with Crippen LogP contribution in [-0.2, 0) is 17.9 Å². The maximum Gasteiger partial charge on any atom is 0.226 e. The molecule has 2 aromatic carbocycles. The number of aromatic nitrogens is 4. The van der Waals surface area contributed by atoms with Crippen molar-refractivity contribution in [2.24, 2.45) is 0 Å². The van der Waals surface area contributed by atoms with Crippen molar-refractivity contribution in [3.8, 4) is 0 Å². The zero-order valence-electron chi connectivity index (χ0n) is 17.0. The maximum absolute atomic E-state index is 12.6. The summed E-state index contributed by atoms with van der Waals surface area (Å²) in [7, 11) is 0. The van der Waals surface area contributed by atoms with E-state index in [-0.39, 0.29) is 5.91 Å². The second-order valence-corrected chi connectivity index (χ2v) is 7.36. The maximum atomic E-state index is 12.6. The Labute approximate surface area is 170 Å². The van der Waals surface area contributed by atoms with Crippen LogP contribution in [0, 0.1) is 20.8 Å². The van der Waals surface area contributed by atoms with Gasteiger partial charge in [-0.1, -0.05) is 42.5 Å². The van der Waals surface area contributed by atoms with Crippen LogP contribution in [0.25, 0.3) is 10.9 Å². The molecule has 148 valence electrons. The largest absolute Gasteiger partial charge is 0.323 e. The number of hydrogen-bond acceptors (Lipinski definition) is 3. The number of aryl methyl sites for hydroxylation is 3. The minimum Gasteiger partial charge on any atom is -0.323 e. The van der Waals surface area contributed by atoms with Crippen LogP contribution in [0.15, 0.2) is 54.7 Å². The Hall–Kier alpha value is -3.41. The van der Waals surface area contributed by atoms with Gasteiger partial charge in [-0.3, -0.25) is 14.2 Å². The number of rotatable bonds is 6. The van der Waals surface area contributed by atoms with E-state index in [0.29, 0.717) is 19.5 Å². The molecule has 1 N–H and O–H groups in total. The van der Waals surface area contributed by atoms with Gasteiger partial charge in [0.2, 0.25) is 5.91 Å². The predicted octanol–water partition coefficient (Wildman–Crippen LogP) is 4.24. The summed E-state index contributed by atoms with van der Waals surface area (Å²) in [5.74, 6) is -0.0354. The van der Waals surface area contributed by atoms with Crippen molar-refractivity contribution >= 4 is 22.5 Å². The molecule has 0 spiro atoms. The number of carbonyl (C=O) groups is 1. The zero-order chi connectivity index (χ0) is 20.4. The first-order valence-electron chi connectivity index (χ1n) is 9.82. The van der Waals surface area contributed by atoms with Gasteiger partial charge in [0, 0.05) is 11.8 Å². The van der Waals surface area contributed by atoms with Crippen LogP contribution < -0.4 is 5.32 Å². The quantitative estimate of drug-likeness (QED) is 0.538. The van der Waals surface area contributed by atoms with E-state index in [1.807, 2.05) is 59.7 Å². The molecule has 0 aliphatic carbocycles. The minimum atomic E-state index is -0.0354. The Bertz CT molecular complexity index is 1160. The molecule has 4 aromatic rings. The first kappa shape index (κ1) is 18.9. The molecule has 0 aliphatic heterocycles. The lowest BCUT2D eigenvalue weighted by atomic mass is 10.1. The molecule has 0 fully saturated rings. The number of fused-ring (bicyclic) bond motifs is 1. The first-order valence-corrected chi connectivity index (χ1v) is 9.82. The van der Waals surface area contributed by atoms with E-state index < -0.39 is 0 Å². The molecule has 2 aromatic heterocycles. The third kappa shape index (κ3) is 3.92. The highest BCUT2D eigenvalue weighted by Crippen LogP contribution is 2.21. The van der Waals surface area contributed by atoms with Gasteiger partial charge >= 0.3 is 0 Å². The molecule has 4 rings (SSSR count). The normalized spacial score (nSPS) is 11.1. The molecule has 0 unspecified atom stereocenters. The lowest BCUT2D eigenvalue weighted by Gasteiger charge is -2.08. The third-order valence-corrected chi connectivity index (χ3v) is 5.28. The monoisotopic (exact) mass is 387 g/mol. The second-order valence-electron chi connectivity index (χ2n) is 7.36. The number of benzene rings is 2. The van der Waals surface area contributed by atoms with E-state index in [9.17, 15) is 4.79 Å². The fourth-order valence-corrected chi connectivity index (χ4v) is 3.62. The van der Waals surface area contributed by atoms with Crippen molar-refractivity contribution in [1.82, 2.24) is 19.6 Å². The predicted molar refractivity (Wildman–Crippen MR) is 115 cm³/mol. The number of amides is 1. The van der Waals surface area contributed by atoms with Gasteiger partial charge in [0.1, 0.15) is 0 Å². The van der Waals surface area contributed by atoms with Crippen molar-refractivity contribution in [2.75, 3.05) is 5.32 Å². The molecule has 0 aliphatic rings. The molecule has 0 saturated carbocycles. The second kappa shape index (κ2) is 7.91. The van der Waals surface area contributed by atoms with E-state index in [1.165, 1.54) is 11.1 Å². The average Bonchev–Trinajstić information content (AvgIpc) is 3.24. The third-order valence-electron chi connectivity index (χ3n) is 5.28. The highest BCUT2D eigenvalue weighted by Gasteiger charge is 2.15. The Morgan fingerprint density at radius 3 is 2.59 bits per heavy atom. The Morgan fingerprint density at radius 2 is 1.79 bits per heavy atom. The van der Waals surface area contributed by atoms with Crippen LogP contribution in [0.2, 0.25) is 0 Å². The van der Waals surface area contributed by atoms with E-state index in [0.717, 1.165) is 28.0 Å². The van der Waals surface area contributed by atoms with Gasteiger partial charge < -0.3 is 5.32 Å². The molecular weight excluding hydrogens is 362 g/mol. The van der Waals surface area contributed by atoms with Gasteiger partial charge in [0.05, 0.1) is 41.9 Å². The van der Waals surface area contributed by atoms with Gasteiger partial charge in [-0.2, -0.15) is 10.2 Å². The minimum absolute atomic E-state index is 0.0354. The van der Waals surface area contributed by atoms with E-state index in [4.69, 9.17) is 0 Å². The van der Waals surface area contributed by atoms with Crippen molar-refractivity contribution in [1.29, 1.82) is 0 Å². The fourth-order valence-electron chi connectivity index (χ4n) is 3.62. The number of nitrogens with zero attached hydrogens (tertiary/aromatic N) is 4. The molecule has 0 atom stereocenters. The van der Waals surface area contributed by atoms with E-state index >= 15 is 0 Å². The van der Waals surface area contributed by atoms with Crippen LogP contribution in [0.4, 0.5) is 5.69 Å². The Morgan fingerprint density at radius 1 is 1.00 bits per heavy atom. The summed E-state index contributed by atoms with van der Waals surface area (Å²) in [5, 5.41) is 13.2. The van der Waals surface area contributed by atoms with E-state index in [1.54, 1.807) is 0 Å². The van der Waals surface area contributed by atoms with Crippen LogP contribution in [0.1, 0.15) is 28.9 Å². The molecule has 0 bridgehead atoms. The Balaban J connectivity index is 1.43. The Kier molecular flexibility index (Phi) is 5.16. The first-order chi connectivity index (χ1) is 14.0. The molecule has 6 nitrogen and oxygen atoms in total. The average molecular weight is 387 g/mol. The summed E-state index contributed by atoms with van der Waals surface area (Å²) in [5.41, 5.74) is 6.01. The lowest BCUT2D eigenvalue weighted by molar-refractivity contribution is -0.116. The molecular formula is C23H25N5O. The topological polar surface area (TPSA) is 64.7 Å². The summed E-state index contributed by atoms with van der Waals surface area (Å²) in [6.45, 7) is 7.20. The fraction of sp³-hybridized carbons (Fsp3) is 0.261. The van der Waals surface area contributed by atoms with Gasteiger partial charge in [-0.05, 0) is 38.0 Å². The summed E-state index contributed by atoms with van der Waals surface area (Å²) < 4.78 is 3.82. The van der Waals surface area contributed by atoms with Gasteiger partial charge in [-0.15, -0.1) is 0 Å². The highest BCUT2D eigenvalue weighted by molar-refractivity contribution is 5.92. The summed E-state index contributed by atoms with van der Waals surface area (Å²) >= 11 is 0. The number of nitrogens with one attached hydrogen (secondary N) is 1. The lowest BCUT2D eigenvalue weighted by Crippen LogP contribution is -2.16. The van der Waals surface area contributed by atoms with Crippen molar-refractivity contribution in [2.45, 2.75) is 40.3 Å². The van der Waals surface area contributed by atoms with Crippen molar-refractivity contribution in [3.05, 3.63) is 77.2 Å². The van der Waals surface area contributed by atoms with Crippen molar-refractivity contribution in [3.63, 3.8) is 0 Å². The van der Waals surface area contributed by atoms with Crippen LogP contribution in [0.5, 0.6) is 0 Å².